The van der Waals surface area contributed by atoms with Gasteiger partial charge < -0.3 is 15.2 Å². The van der Waals surface area contributed by atoms with Crippen molar-refractivity contribution in [1.29, 1.82) is 0 Å². The molecule has 0 radical (unpaired) electrons. The SMILES string of the molecule is COC(=O)CCNCc1ccc(Cc2ccccc2)cc1O. The summed E-state index contributed by atoms with van der Waals surface area (Å²) in [5.41, 5.74) is 3.11. The second-order valence-electron chi connectivity index (χ2n) is 5.13. The van der Waals surface area contributed by atoms with Crippen molar-refractivity contribution in [2.75, 3.05) is 13.7 Å². The Balaban J connectivity index is 1.88. The molecule has 22 heavy (non-hydrogen) atoms. The molecule has 0 aliphatic carbocycles. The standard InChI is InChI=1S/C18H21NO3/c1-22-18(21)9-10-19-13-16-8-7-15(12-17(16)20)11-14-5-3-2-4-6-14/h2-8,12,19-20H,9-11,13H2,1H3. The lowest BCUT2D eigenvalue weighted by Crippen LogP contribution is -2.18. The van der Waals surface area contributed by atoms with Gasteiger partial charge in [0.1, 0.15) is 5.75 Å². The van der Waals surface area contributed by atoms with Crippen molar-refractivity contribution in [3.8, 4) is 5.75 Å². The zero-order valence-electron chi connectivity index (χ0n) is 12.7. The van der Waals surface area contributed by atoms with E-state index < -0.39 is 0 Å². The monoisotopic (exact) mass is 299 g/mol. The molecule has 0 aliphatic rings. The van der Waals surface area contributed by atoms with Crippen molar-refractivity contribution in [1.82, 2.24) is 5.32 Å². The molecule has 4 heteroatoms. The fourth-order valence-electron chi connectivity index (χ4n) is 2.22. The minimum atomic E-state index is -0.241. The van der Waals surface area contributed by atoms with Crippen molar-refractivity contribution in [3.05, 3.63) is 65.2 Å². The zero-order chi connectivity index (χ0) is 15.8. The third kappa shape index (κ3) is 4.90. The second kappa shape index (κ2) is 8.20. The highest BCUT2D eigenvalue weighted by Gasteiger charge is 2.04. The summed E-state index contributed by atoms with van der Waals surface area (Å²) in [4.78, 5) is 11.0. The Morgan fingerprint density at radius 3 is 2.59 bits per heavy atom. The van der Waals surface area contributed by atoms with Gasteiger partial charge in [-0.1, -0.05) is 42.5 Å². The summed E-state index contributed by atoms with van der Waals surface area (Å²) in [6, 6.07) is 15.9. The molecule has 0 bridgehead atoms. The third-order valence-corrected chi connectivity index (χ3v) is 3.45. The number of hydrogen-bond acceptors (Lipinski definition) is 4. The topological polar surface area (TPSA) is 58.6 Å². The van der Waals surface area contributed by atoms with Crippen molar-refractivity contribution >= 4 is 5.97 Å². The number of phenolic OH excluding ortho intramolecular Hbond substituents is 1. The van der Waals surface area contributed by atoms with E-state index in [1.807, 2.05) is 30.3 Å². The molecule has 0 unspecified atom stereocenters. The lowest BCUT2D eigenvalue weighted by molar-refractivity contribution is -0.140. The molecule has 0 saturated carbocycles. The highest BCUT2D eigenvalue weighted by molar-refractivity contribution is 5.69. The van der Waals surface area contributed by atoms with Crippen LogP contribution in [0, 0.1) is 0 Å². The first-order valence-electron chi connectivity index (χ1n) is 7.31. The van der Waals surface area contributed by atoms with E-state index in [1.165, 1.54) is 12.7 Å². The Morgan fingerprint density at radius 2 is 1.91 bits per heavy atom. The number of hydrogen-bond donors (Lipinski definition) is 2. The van der Waals surface area contributed by atoms with Gasteiger partial charge in [0.05, 0.1) is 13.5 Å². The van der Waals surface area contributed by atoms with Gasteiger partial charge in [-0.25, -0.2) is 0 Å². The number of ether oxygens (including phenoxy) is 1. The summed E-state index contributed by atoms with van der Waals surface area (Å²) < 4.78 is 4.57. The molecule has 0 fully saturated rings. The van der Waals surface area contributed by atoms with Gasteiger partial charge in [-0.15, -0.1) is 0 Å². The Hall–Kier alpha value is -2.33. The Bertz CT molecular complexity index is 611. The summed E-state index contributed by atoms with van der Waals surface area (Å²) in [5.74, 6) is 0.0360. The molecule has 116 valence electrons. The second-order valence-corrected chi connectivity index (χ2v) is 5.13. The molecule has 2 aromatic carbocycles. The number of carbonyl (C=O) groups excluding carboxylic acids is 1. The van der Waals surface area contributed by atoms with Crippen molar-refractivity contribution in [2.24, 2.45) is 0 Å². The van der Waals surface area contributed by atoms with Gasteiger partial charge in [-0.05, 0) is 23.6 Å². The number of methoxy groups -OCH3 is 1. The number of aromatic hydroxyl groups is 1. The average Bonchev–Trinajstić information content (AvgIpc) is 2.54. The first kappa shape index (κ1) is 16.0. The van der Waals surface area contributed by atoms with Crippen LogP contribution in [0.4, 0.5) is 0 Å². The molecule has 0 saturated heterocycles. The van der Waals surface area contributed by atoms with Gasteiger partial charge in [0.15, 0.2) is 0 Å². The van der Waals surface area contributed by atoms with Crippen molar-refractivity contribution < 1.29 is 14.6 Å². The molecule has 2 rings (SSSR count). The predicted octanol–water partition coefficient (Wildman–Crippen LogP) is 2.64. The number of esters is 1. The van der Waals surface area contributed by atoms with Crippen LogP contribution in [0.2, 0.25) is 0 Å². The van der Waals surface area contributed by atoms with Crippen LogP contribution in [-0.2, 0) is 22.5 Å². The van der Waals surface area contributed by atoms with E-state index in [0.29, 0.717) is 19.5 Å². The maximum absolute atomic E-state index is 11.0. The van der Waals surface area contributed by atoms with Gasteiger partial charge in [0.25, 0.3) is 0 Å². The van der Waals surface area contributed by atoms with E-state index in [0.717, 1.165) is 17.5 Å². The Morgan fingerprint density at radius 1 is 1.14 bits per heavy atom. The van der Waals surface area contributed by atoms with Crippen LogP contribution in [0.15, 0.2) is 48.5 Å². The molecule has 2 N–H and O–H groups in total. The molecule has 0 aliphatic heterocycles. The summed E-state index contributed by atoms with van der Waals surface area (Å²) in [5, 5.41) is 13.2. The zero-order valence-corrected chi connectivity index (χ0v) is 12.7. The molecule has 0 amide bonds. The average molecular weight is 299 g/mol. The van der Waals surface area contributed by atoms with Crippen LogP contribution < -0.4 is 5.32 Å². The van der Waals surface area contributed by atoms with E-state index in [1.54, 1.807) is 6.07 Å². The third-order valence-electron chi connectivity index (χ3n) is 3.45. The van der Waals surface area contributed by atoms with Crippen LogP contribution in [0.3, 0.4) is 0 Å². The van der Waals surface area contributed by atoms with Gasteiger partial charge >= 0.3 is 5.97 Å². The van der Waals surface area contributed by atoms with Gasteiger partial charge in [-0.3, -0.25) is 4.79 Å². The van der Waals surface area contributed by atoms with Gasteiger partial charge in [0, 0.05) is 18.7 Å². The smallest absolute Gasteiger partial charge is 0.306 e. The highest BCUT2D eigenvalue weighted by Crippen LogP contribution is 2.20. The first-order valence-corrected chi connectivity index (χ1v) is 7.31. The number of benzene rings is 2. The van der Waals surface area contributed by atoms with Crippen molar-refractivity contribution in [2.45, 2.75) is 19.4 Å². The summed E-state index contributed by atoms with van der Waals surface area (Å²) >= 11 is 0. The van der Waals surface area contributed by atoms with E-state index in [2.05, 4.69) is 22.2 Å². The van der Waals surface area contributed by atoms with E-state index >= 15 is 0 Å². The van der Waals surface area contributed by atoms with Crippen LogP contribution in [-0.4, -0.2) is 24.7 Å². The molecule has 0 heterocycles. The van der Waals surface area contributed by atoms with E-state index in [-0.39, 0.29) is 11.7 Å². The largest absolute Gasteiger partial charge is 0.508 e. The predicted molar refractivity (Wildman–Crippen MR) is 85.7 cm³/mol. The number of phenols is 1. The van der Waals surface area contributed by atoms with Crippen LogP contribution >= 0.6 is 0 Å². The molecule has 0 atom stereocenters. The fourth-order valence-corrected chi connectivity index (χ4v) is 2.22. The van der Waals surface area contributed by atoms with E-state index in [9.17, 15) is 9.90 Å². The van der Waals surface area contributed by atoms with Crippen molar-refractivity contribution in [3.63, 3.8) is 0 Å². The lowest BCUT2D eigenvalue weighted by atomic mass is 10.0. The molecule has 0 spiro atoms. The fraction of sp³-hybridized carbons (Fsp3) is 0.278. The highest BCUT2D eigenvalue weighted by atomic mass is 16.5. The van der Waals surface area contributed by atoms with Crippen LogP contribution in [0.1, 0.15) is 23.1 Å². The molecule has 2 aromatic rings. The normalized spacial score (nSPS) is 10.4. The van der Waals surface area contributed by atoms with Gasteiger partial charge in [-0.2, -0.15) is 0 Å². The number of carbonyl (C=O) groups is 1. The minimum absolute atomic E-state index is 0.241. The summed E-state index contributed by atoms with van der Waals surface area (Å²) in [6.45, 7) is 1.05. The minimum Gasteiger partial charge on any atom is -0.508 e. The van der Waals surface area contributed by atoms with Crippen LogP contribution in [0.25, 0.3) is 0 Å². The first-order chi connectivity index (χ1) is 10.7. The quantitative estimate of drug-likeness (QED) is 0.609. The molecular weight excluding hydrogens is 278 g/mol. The Labute approximate surface area is 130 Å². The lowest BCUT2D eigenvalue weighted by Gasteiger charge is -2.09. The number of rotatable bonds is 7. The van der Waals surface area contributed by atoms with Crippen LogP contribution in [0.5, 0.6) is 5.75 Å². The van der Waals surface area contributed by atoms with E-state index in [4.69, 9.17) is 0 Å². The Kier molecular flexibility index (Phi) is 5.98. The molecule has 0 aromatic heterocycles. The summed E-state index contributed by atoms with van der Waals surface area (Å²) in [6.07, 6.45) is 1.12. The molecular formula is C18H21NO3. The molecule has 4 nitrogen and oxygen atoms in total. The van der Waals surface area contributed by atoms with Gasteiger partial charge in [0.2, 0.25) is 0 Å². The maximum atomic E-state index is 11.0. The maximum Gasteiger partial charge on any atom is 0.306 e. The number of nitrogens with one attached hydrogen (secondary N) is 1. The summed E-state index contributed by atoms with van der Waals surface area (Å²) in [7, 11) is 1.37.